The minimum atomic E-state index is 0.461. The van der Waals surface area contributed by atoms with Crippen molar-refractivity contribution in [3.63, 3.8) is 0 Å². The van der Waals surface area contributed by atoms with Crippen molar-refractivity contribution in [3.8, 4) is 0 Å². The fourth-order valence-electron chi connectivity index (χ4n) is 2.89. The number of hydrogen-bond donors (Lipinski definition) is 1. The van der Waals surface area contributed by atoms with E-state index in [1.807, 2.05) is 0 Å². The monoisotopic (exact) mass is 155 g/mol. The lowest BCUT2D eigenvalue weighted by Crippen LogP contribution is -2.59. The molecule has 0 heterocycles. The van der Waals surface area contributed by atoms with E-state index in [4.69, 9.17) is 0 Å². The van der Waals surface area contributed by atoms with E-state index in [-0.39, 0.29) is 0 Å². The van der Waals surface area contributed by atoms with E-state index < -0.39 is 0 Å². The van der Waals surface area contributed by atoms with Gasteiger partial charge in [0.25, 0.3) is 0 Å². The van der Waals surface area contributed by atoms with Crippen LogP contribution in [-0.2, 0) is 0 Å². The molecule has 0 bridgehead atoms. The molecule has 3 atom stereocenters. The molecule has 0 amide bonds. The molecule has 1 heteroatoms. The summed E-state index contributed by atoms with van der Waals surface area (Å²) in [4.78, 5) is 0. The highest BCUT2D eigenvalue weighted by Gasteiger charge is 2.46. The molecule has 0 aromatic heterocycles. The minimum Gasteiger partial charge on any atom is -0.311 e. The van der Waals surface area contributed by atoms with Crippen molar-refractivity contribution in [3.05, 3.63) is 0 Å². The lowest BCUT2D eigenvalue weighted by atomic mass is 9.59. The number of rotatable bonds is 3. The summed E-state index contributed by atoms with van der Waals surface area (Å²) in [5.41, 5.74) is 0.461. The highest BCUT2D eigenvalue weighted by molar-refractivity contribution is 5.02. The van der Waals surface area contributed by atoms with E-state index in [0.717, 1.165) is 18.4 Å². The Morgan fingerprint density at radius 1 is 1.45 bits per heavy atom. The molecule has 0 radical (unpaired) electrons. The maximum absolute atomic E-state index is 3.59. The van der Waals surface area contributed by atoms with Crippen LogP contribution >= 0.6 is 0 Å². The fourth-order valence-corrected chi connectivity index (χ4v) is 2.89. The Morgan fingerprint density at radius 3 is 2.45 bits per heavy atom. The first-order chi connectivity index (χ1) is 5.14. The van der Waals surface area contributed by atoms with Crippen LogP contribution in [0, 0.1) is 11.8 Å². The molecule has 1 aliphatic carbocycles. The van der Waals surface area contributed by atoms with Gasteiger partial charge >= 0.3 is 0 Å². The SMILES string of the molecule is CCNC1(C)CC(C)C1CC. The largest absolute Gasteiger partial charge is 0.311 e. The Kier molecular flexibility index (Phi) is 2.58. The average molecular weight is 155 g/mol. The van der Waals surface area contributed by atoms with Crippen LogP contribution in [0.25, 0.3) is 0 Å². The third-order valence-electron chi connectivity index (χ3n) is 3.27. The van der Waals surface area contributed by atoms with Crippen molar-refractivity contribution in [1.82, 2.24) is 5.32 Å². The highest BCUT2D eigenvalue weighted by Crippen LogP contribution is 2.45. The Morgan fingerprint density at radius 2 is 2.09 bits per heavy atom. The van der Waals surface area contributed by atoms with Crippen molar-refractivity contribution >= 4 is 0 Å². The van der Waals surface area contributed by atoms with Gasteiger partial charge in [-0.3, -0.25) is 0 Å². The zero-order valence-corrected chi connectivity index (χ0v) is 8.28. The van der Waals surface area contributed by atoms with Gasteiger partial charge in [0.1, 0.15) is 0 Å². The van der Waals surface area contributed by atoms with Crippen LogP contribution in [0.5, 0.6) is 0 Å². The van der Waals surface area contributed by atoms with Gasteiger partial charge in [-0.15, -0.1) is 0 Å². The minimum absolute atomic E-state index is 0.461. The van der Waals surface area contributed by atoms with E-state index in [2.05, 4.69) is 33.0 Å². The average Bonchev–Trinajstić information content (AvgIpc) is 1.87. The first-order valence-electron chi connectivity index (χ1n) is 4.89. The first kappa shape index (κ1) is 9.05. The van der Waals surface area contributed by atoms with Crippen molar-refractivity contribution in [2.45, 2.75) is 46.1 Å². The lowest BCUT2D eigenvalue weighted by molar-refractivity contribution is 0.0291. The second kappa shape index (κ2) is 3.14. The maximum Gasteiger partial charge on any atom is 0.0186 e. The van der Waals surface area contributed by atoms with Crippen molar-refractivity contribution in [2.75, 3.05) is 6.54 Å². The molecule has 1 saturated carbocycles. The van der Waals surface area contributed by atoms with Gasteiger partial charge < -0.3 is 5.32 Å². The number of hydrogen-bond acceptors (Lipinski definition) is 1. The van der Waals surface area contributed by atoms with E-state index in [9.17, 15) is 0 Å². The zero-order valence-electron chi connectivity index (χ0n) is 8.28. The van der Waals surface area contributed by atoms with Crippen LogP contribution in [0.15, 0.2) is 0 Å². The van der Waals surface area contributed by atoms with Gasteiger partial charge in [0.05, 0.1) is 0 Å². The van der Waals surface area contributed by atoms with E-state index in [1.54, 1.807) is 0 Å². The van der Waals surface area contributed by atoms with Gasteiger partial charge in [-0.05, 0) is 31.7 Å². The van der Waals surface area contributed by atoms with Crippen LogP contribution < -0.4 is 5.32 Å². The second-order valence-electron chi connectivity index (χ2n) is 4.14. The molecule has 0 saturated heterocycles. The molecular formula is C10H21N. The van der Waals surface area contributed by atoms with Crippen LogP contribution in [0.3, 0.4) is 0 Å². The molecule has 66 valence electrons. The van der Waals surface area contributed by atoms with Crippen LogP contribution in [0.1, 0.15) is 40.5 Å². The topological polar surface area (TPSA) is 12.0 Å². The fraction of sp³-hybridized carbons (Fsp3) is 1.00. The molecule has 0 aromatic rings. The van der Waals surface area contributed by atoms with E-state index in [1.165, 1.54) is 12.8 Å². The molecule has 0 aliphatic heterocycles. The standard InChI is InChI=1S/C10H21N/c1-5-9-8(3)7-10(9,4)11-6-2/h8-9,11H,5-7H2,1-4H3. The Bertz CT molecular complexity index is 129. The molecule has 0 aromatic carbocycles. The summed E-state index contributed by atoms with van der Waals surface area (Å²) in [6.45, 7) is 10.3. The summed E-state index contributed by atoms with van der Waals surface area (Å²) >= 11 is 0. The molecule has 3 unspecified atom stereocenters. The second-order valence-corrected chi connectivity index (χ2v) is 4.14. The Hall–Kier alpha value is -0.0400. The molecular weight excluding hydrogens is 134 g/mol. The number of nitrogens with one attached hydrogen (secondary N) is 1. The van der Waals surface area contributed by atoms with Crippen LogP contribution in [-0.4, -0.2) is 12.1 Å². The van der Waals surface area contributed by atoms with E-state index >= 15 is 0 Å². The zero-order chi connectivity index (χ0) is 8.48. The van der Waals surface area contributed by atoms with Gasteiger partial charge in [0.15, 0.2) is 0 Å². The van der Waals surface area contributed by atoms with Crippen molar-refractivity contribution < 1.29 is 0 Å². The quantitative estimate of drug-likeness (QED) is 0.660. The molecule has 1 fully saturated rings. The smallest absolute Gasteiger partial charge is 0.0186 e. The maximum atomic E-state index is 3.59. The van der Waals surface area contributed by atoms with Crippen molar-refractivity contribution in [1.29, 1.82) is 0 Å². The first-order valence-corrected chi connectivity index (χ1v) is 4.89. The Balaban J connectivity index is 2.47. The van der Waals surface area contributed by atoms with Gasteiger partial charge in [-0.1, -0.05) is 27.2 Å². The third kappa shape index (κ3) is 1.44. The lowest BCUT2D eigenvalue weighted by Gasteiger charge is -2.53. The van der Waals surface area contributed by atoms with Crippen LogP contribution in [0.4, 0.5) is 0 Å². The van der Waals surface area contributed by atoms with Gasteiger partial charge in [0.2, 0.25) is 0 Å². The predicted molar refractivity (Wildman–Crippen MR) is 49.6 cm³/mol. The van der Waals surface area contributed by atoms with E-state index in [0.29, 0.717) is 5.54 Å². The van der Waals surface area contributed by atoms with Gasteiger partial charge in [0, 0.05) is 5.54 Å². The summed E-state index contributed by atoms with van der Waals surface area (Å²) in [5.74, 6) is 1.84. The molecule has 0 spiro atoms. The summed E-state index contributed by atoms with van der Waals surface area (Å²) in [6, 6.07) is 0. The molecule has 1 N–H and O–H groups in total. The Labute approximate surface area is 70.6 Å². The summed E-state index contributed by atoms with van der Waals surface area (Å²) < 4.78 is 0. The molecule has 1 aliphatic rings. The van der Waals surface area contributed by atoms with Crippen LogP contribution in [0.2, 0.25) is 0 Å². The highest BCUT2D eigenvalue weighted by atomic mass is 15.0. The molecule has 1 nitrogen and oxygen atoms in total. The summed E-state index contributed by atoms with van der Waals surface area (Å²) in [6.07, 6.45) is 2.68. The predicted octanol–water partition coefficient (Wildman–Crippen LogP) is 2.42. The summed E-state index contributed by atoms with van der Waals surface area (Å²) in [7, 11) is 0. The molecule has 11 heavy (non-hydrogen) atoms. The van der Waals surface area contributed by atoms with Gasteiger partial charge in [-0.25, -0.2) is 0 Å². The normalized spacial score (nSPS) is 43.6. The van der Waals surface area contributed by atoms with Crippen molar-refractivity contribution in [2.24, 2.45) is 11.8 Å². The molecule has 1 rings (SSSR count). The third-order valence-corrected chi connectivity index (χ3v) is 3.27. The van der Waals surface area contributed by atoms with Gasteiger partial charge in [-0.2, -0.15) is 0 Å². The summed E-state index contributed by atoms with van der Waals surface area (Å²) in [5, 5.41) is 3.59.